The third-order valence-corrected chi connectivity index (χ3v) is 3.01. The van der Waals surface area contributed by atoms with E-state index in [0.717, 1.165) is 15.7 Å². The molecule has 0 amide bonds. The van der Waals surface area contributed by atoms with Crippen LogP contribution in [0.3, 0.4) is 0 Å². The third-order valence-electron chi connectivity index (χ3n) is 1.26. The van der Waals surface area contributed by atoms with Crippen molar-refractivity contribution in [3.05, 3.63) is 22.4 Å². The molecule has 1 heterocycles. The molecule has 0 fully saturated rings. The number of nitrogens with one attached hydrogen (secondary N) is 2. The quantitative estimate of drug-likeness (QED) is 0.496. The third kappa shape index (κ3) is 2.37. The van der Waals surface area contributed by atoms with E-state index in [9.17, 15) is 0 Å². The van der Waals surface area contributed by atoms with E-state index in [4.69, 9.17) is 5.41 Å². The van der Waals surface area contributed by atoms with E-state index in [-0.39, 0.29) is 0 Å². The molecule has 0 aliphatic rings. The summed E-state index contributed by atoms with van der Waals surface area (Å²) in [7, 11) is 0. The Bertz CT molecular complexity index is 294. The maximum Gasteiger partial charge on any atom is 0.0640 e. The van der Waals surface area contributed by atoms with Crippen molar-refractivity contribution in [1.29, 1.82) is 5.41 Å². The lowest BCUT2D eigenvalue weighted by Crippen LogP contribution is -1.92. The summed E-state index contributed by atoms with van der Waals surface area (Å²) in [6.45, 7) is 0. The molecule has 1 aromatic heterocycles. The summed E-state index contributed by atoms with van der Waals surface area (Å²) in [6.07, 6.45) is 5.26. The minimum atomic E-state index is 0.590. The fourth-order valence-corrected chi connectivity index (χ4v) is 2.55. The summed E-state index contributed by atoms with van der Waals surface area (Å²) >= 11 is 5.60. The van der Waals surface area contributed by atoms with Crippen LogP contribution in [0, 0.1) is 5.41 Å². The Balaban J connectivity index is 3.10. The van der Waals surface area contributed by atoms with Crippen LogP contribution in [0.1, 0.15) is 5.56 Å². The molecule has 12 heavy (non-hydrogen) atoms. The molecule has 0 radical (unpaired) electrons. The summed E-state index contributed by atoms with van der Waals surface area (Å²) in [6, 6.07) is 0. The van der Waals surface area contributed by atoms with Crippen LogP contribution in [0.2, 0.25) is 0 Å². The SMILES string of the molecule is N=Cc1cncc(Br)c1NPI. The highest BCUT2D eigenvalue weighted by atomic mass is 127. The molecule has 0 saturated carbocycles. The van der Waals surface area contributed by atoms with Gasteiger partial charge in [0.1, 0.15) is 0 Å². The van der Waals surface area contributed by atoms with E-state index in [1.807, 2.05) is 0 Å². The second-order valence-corrected chi connectivity index (χ2v) is 4.86. The maximum absolute atomic E-state index is 7.13. The van der Waals surface area contributed by atoms with Gasteiger partial charge in [-0.3, -0.25) is 4.98 Å². The summed E-state index contributed by atoms with van der Waals surface area (Å²) in [5, 5.41) is 10.3. The van der Waals surface area contributed by atoms with Gasteiger partial charge in [0.25, 0.3) is 0 Å². The lowest BCUT2D eigenvalue weighted by Gasteiger charge is -2.06. The van der Waals surface area contributed by atoms with Crippen LogP contribution < -0.4 is 5.09 Å². The fourth-order valence-electron chi connectivity index (χ4n) is 0.739. The molecule has 1 rings (SSSR count). The minimum Gasteiger partial charge on any atom is -0.357 e. The Hall–Kier alpha value is 0.260. The number of halogens is 2. The topological polar surface area (TPSA) is 48.8 Å². The zero-order chi connectivity index (χ0) is 8.97. The normalized spacial score (nSPS) is 10.5. The van der Waals surface area contributed by atoms with E-state index in [1.54, 1.807) is 12.4 Å². The zero-order valence-corrected chi connectivity index (χ0v) is 10.7. The molecule has 3 nitrogen and oxygen atoms in total. The van der Waals surface area contributed by atoms with Crippen molar-refractivity contribution in [2.45, 2.75) is 0 Å². The van der Waals surface area contributed by atoms with Crippen LogP contribution in [0.15, 0.2) is 16.9 Å². The van der Waals surface area contributed by atoms with E-state index in [2.05, 4.69) is 48.0 Å². The smallest absolute Gasteiger partial charge is 0.0640 e. The Kier molecular flexibility index (Phi) is 4.39. The molecule has 1 aromatic rings. The Morgan fingerprint density at radius 1 is 1.67 bits per heavy atom. The molecule has 0 saturated heterocycles. The number of rotatable bonds is 3. The first-order valence-electron chi connectivity index (χ1n) is 3.05. The van der Waals surface area contributed by atoms with Gasteiger partial charge in [-0.2, -0.15) is 0 Å². The van der Waals surface area contributed by atoms with Crippen LogP contribution in [0.25, 0.3) is 0 Å². The van der Waals surface area contributed by atoms with Gasteiger partial charge < -0.3 is 10.5 Å². The number of hydrogen-bond donors (Lipinski definition) is 2. The molecule has 64 valence electrons. The van der Waals surface area contributed by atoms with E-state index in [0.29, 0.717) is 6.37 Å². The van der Waals surface area contributed by atoms with Gasteiger partial charge >= 0.3 is 0 Å². The average Bonchev–Trinajstić information content (AvgIpc) is 2.09. The van der Waals surface area contributed by atoms with Crippen molar-refractivity contribution < 1.29 is 0 Å². The van der Waals surface area contributed by atoms with Crippen molar-refractivity contribution in [3.63, 3.8) is 0 Å². The molecule has 6 heteroatoms. The first kappa shape index (κ1) is 10.3. The van der Waals surface area contributed by atoms with Crippen LogP contribution >= 0.6 is 44.3 Å². The van der Waals surface area contributed by atoms with Crippen LogP contribution in [-0.2, 0) is 0 Å². The monoisotopic (exact) mass is 357 g/mol. The van der Waals surface area contributed by atoms with E-state index >= 15 is 0 Å². The fraction of sp³-hybridized carbons (Fsp3) is 0. The predicted octanol–water partition coefficient (Wildman–Crippen LogP) is 3.20. The Labute approximate surface area is 93.7 Å². The summed E-state index contributed by atoms with van der Waals surface area (Å²) in [5.41, 5.74) is 1.74. The van der Waals surface area contributed by atoms with Crippen molar-refractivity contribution in [1.82, 2.24) is 4.98 Å². The van der Waals surface area contributed by atoms with Gasteiger partial charge in [-0.15, -0.1) is 0 Å². The van der Waals surface area contributed by atoms with Crippen molar-refractivity contribution in [3.8, 4) is 0 Å². The predicted molar refractivity (Wildman–Crippen MR) is 65.8 cm³/mol. The largest absolute Gasteiger partial charge is 0.357 e. The van der Waals surface area contributed by atoms with Gasteiger partial charge in [0.05, 0.1) is 10.2 Å². The van der Waals surface area contributed by atoms with Gasteiger partial charge in [0.15, 0.2) is 0 Å². The minimum absolute atomic E-state index is 0.590. The van der Waals surface area contributed by atoms with Crippen molar-refractivity contribution in [2.75, 3.05) is 5.09 Å². The Morgan fingerprint density at radius 2 is 2.42 bits per heavy atom. The first-order chi connectivity index (χ1) is 5.79. The molecule has 0 aromatic carbocycles. The van der Waals surface area contributed by atoms with Crippen LogP contribution in [0.5, 0.6) is 0 Å². The van der Waals surface area contributed by atoms with E-state index < -0.39 is 0 Å². The molecule has 0 spiro atoms. The number of anilines is 1. The highest BCUT2D eigenvalue weighted by Gasteiger charge is 2.03. The maximum atomic E-state index is 7.13. The number of aromatic nitrogens is 1. The molecule has 0 aliphatic carbocycles. The lowest BCUT2D eigenvalue weighted by atomic mass is 10.2. The van der Waals surface area contributed by atoms with Gasteiger partial charge in [0.2, 0.25) is 0 Å². The summed E-state index contributed by atoms with van der Waals surface area (Å²) in [5.74, 6) is 0. The lowest BCUT2D eigenvalue weighted by molar-refractivity contribution is 1.30. The molecular formula is C6H6BrIN3P. The van der Waals surface area contributed by atoms with Crippen molar-refractivity contribution >= 4 is 56.2 Å². The second-order valence-electron chi connectivity index (χ2n) is 1.95. The second kappa shape index (κ2) is 5.09. The highest BCUT2D eigenvalue weighted by molar-refractivity contribution is 14.2. The zero-order valence-electron chi connectivity index (χ0n) is 5.94. The van der Waals surface area contributed by atoms with Gasteiger partial charge in [-0.05, 0) is 38.0 Å². The molecule has 1 unspecified atom stereocenters. The summed E-state index contributed by atoms with van der Waals surface area (Å²) in [4.78, 5) is 3.96. The van der Waals surface area contributed by atoms with Gasteiger partial charge in [0, 0.05) is 30.5 Å². The molecule has 0 bridgehead atoms. The van der Waals surface area contributed by atoms with Crippen LogP contribution in [0.4, 0.5) is 5.69 Å². The number of nitrogens with zero attached hydrogens (tertiary/aromatic N) is 1. The summed E-state index contributed by atoms with van der Waals surface area (Å²) < 4.78 is 0.896. The van der Waals surface area contributed by atoms with Crippen molar-refractivity contribution in [2.24, 2.45) is 0 Å². The Morgan fingerprint density at radius 3 is 3.00 bits per heavy atom. The highest BCUT2D eigenvalue weighted by Crippen LogP contribution is 2.31. The van der Waals surface area contributed by atoms with Crippen LogP contribution in [-0.4, -0.2) is 11.2 Å². The molecule has 2 N–H and O–H groups in total. The standard InChI is InChI=1S/C6H6BrIN3P/c7-5-3-10-2-4(1-9)6(5)11-12-8/h1-3,9,12H,(H,10,11). The average molecular weight is 358 g/mol. The van der Waals surface area contributed by atoms with Gasteiger partial charge in [-0.25, -0.2) is 0 Å². The number of hydrogen-bond acceptors (Lipinski definition) is 3. The van der Waals surface area contributed by atoms with Gasteiger partial charge in [-0.1, -0.05) is 0 Å². The molecule has 0 aliphatic heterocycles. The molecule has 1 atom stereocenters. The number of pyridine rings is 1. The first-order valence-corrected chi connectivity index (χ1v) is 7.96. The molecular weight excluding hydrogens is 352 g/mol. The van der Waals surface area contributed by atoms with E-state index in [1.165, 1.54) is 6.21 Å².